The van der Waals surface area contributed by atoms with E-state index < -0.39 is 0 Å². The van der Waals surface area contributed by atoms with E-state index in [2.05, 4.69) is 5.32 Å². The molecule has 1 aliphatic rings. The Morgan fingerprint density at radius 2 is 2.14 bits per heavy atom. The minimum absolute atomic E-state index is 0.0862. The molecule has 0 aromatic heterocycles. The molecule has 3 nitrogen and oxygen atoms in total. The van der Waals surface area contributed by atoms with Crippen LogP contribution in [0.3, 0.4) is 0 Å². The smallest absolute Gasteiger partial charge is 0.307 e. The lowest BCUT2D eigenvalue weighted by Gasteiger charge is -2.25. The Bertz CT molecular complexity index is 190. The molecule has 1 aliphatic heterocycles. The highest BCUT2D eigenvalue weighted by Gasteiger charge is 2.21. The van der Waals surface area contributed by atoms with Gasteiger partial charge < -0.3 is 10.1 Å². The van der Waals surface area contributed by atoms with Gasteiger partial charge in [0.2, 0.25) is 0 Å². The number of carbonyl (C=O) groups excluding carboxylic acids is 1. The number of hydrogen-bond acceptors (Lipinski definition) is 3. The van der Waals surface area contributed by atoms with E-state index in [-0.39, 0.29) is 11.6 Å². The maximum Gasteiger partial charge on any atom is 0.307 e. The second-order valence-corrected chi connectivity index (χ2v) is 4.94. The Hall–Kier alpha value is -0.570. The summed E-state index contributed by atoms with van der Waals surface area (Å²) in [6.45, 7) is 6.74. The molecule has 1 saturated heterocycles. The monoisotopic (exact) mass is 199 g/mol. The molecular weight excluding hydrogens is 178 g/mol. The first-order valence-corrected chi connectivity index (χ1v) is 5.42. The van der Waals surface area contributed by atoms with Gasteiger partial charge in [-0.05, 0) is 40.2 Å². The fourth-order valence-corrected chi connectivity index (χ4v) is 1.68. The average Bonchev–Trinajstić information content (AvgIpc) is 2.02. The van der Waals surface area contributed by atoms with Gasteiger partial charge in [-0.25, -0.2) is 0 Å². The van der Waals surface area contributed by atoms with Crippen LogP contribution in [0.5, 0.6) is 0 Å². The maximum absolute atomic E-state index is 11.5. The Morgan fingerprint density at radius 1 is 1.43 bits per heavy atom. The zero-order valence-corrected chi connectivity index (χ0v) is 9.43. The van der Waals surface area contributed by atoms with Gasteiger partial charge in [-0.15, -0.1) is 0 Å². The molecule has 14 heavy (non-hydrogen) atoms. The number of nitrogens with one attached hydrogen (secondary N) is 1. The summed E-state index contributed by atoms with van der Waals surface area (Å²) in [7, 11) is 0. The Kier molecular flexibility index (Phi) is 3.93. The molecule has 0 aliphatic carbocycles. The molecule has 0 aromatic carbocycles. The highest BCUT2D eigenvalue weighted by atomic mass is 16.6. The first-order valence-electron chi connectivity index (χ1n) is 5.42. The van der Waals surface area contributed by atoms with Gasteiger partial charge in [0.05, 0.1) is 6.42 Å². The summed E-state index contributed by atoms with van der Waals surface area (Å²) < 4.78 is 5.26. The van der Waals surface area contributed by atoms with Crippen LogP contribution in [0.1, 0.15) is 46.5 Å². The van der Waals surface area contributed by atoms with Crippen LogP contribution in [0.15, 0.2) is 0 Å². The Labute approximate surface area is 86.2 Å². The van der Waals surface area contributed by atoms with Crippen molar-refractivity contribution >= 4 is 5.97 Å². The largest absolute Gasteiger partial charge is 0.460 e. The van der Waals surface area contributed by atoms with Crippen molar-refractivity contribution in [3.8, 4) is 0 Å². The second-order valence-electron chi connectivity index (χ2n) is 4.94. The summed E-state index contributed by atoms with van der Waals surface area (Å²) in [5, 5.41) is 3.33. The van der Waals surface area contributed by atoms with Crippen molar-refractivity contribution in [2.45, 2.75) is 58.1 Å². The minimum atomic E-state index is -0.355. The van der Waals surface area contributed by atoms with E-state index in [0.29, 0.717) is 12.5 Å². The summed E-state index contributed by atoms with van der Waals surface area (Å²) >= 11 is 0. The van der Waals surface area contributed by atoms with Gasteiger partial charge in [0.15, 0.2) is 0 Å². The van der Waals surface area contributed by atoms with Crippen molar-refractivity contribution in [1.29, 1.82) is 0 Å². The van der Waals surface area contributed by atoms with Gasteiger partial charge in [0, 0.05) is 6.04 Å². The van der Waals surface area contributed by atoms with Crippen LogP contribution in [-0.4, -0.2) is 24.2 Å². The van der Waals surface area contributed by atoms with Gasteiger partial charge in [-0.3, -0.25) is 4.79 Å². The van der Waals surface area contributed by atoms with E-state index in [1.165, 1.54) is 12.8 Å². The lowest BCUT2D eigenvalue weighted by molar-refractivity contribution is -0.155. The molecule has 0 radical (unpaired) electrons. The minimum Gasteiger partial charge on any atom is -0.460 e. The van der Waals surface area contributed by atoms with Gasteiger partial charge in [-0.1, -0.05) is 6.42 Å². The van der Waals surface area contributed by atoms with Crippen LogP contribution in [0, 0.1) is 0 Å². The third kappa shape index (κ3) is 4.61. The summed E-state index contributed by atoms with van der Waals surface area (Å²) in [5.74, 6) is -0.0862. The van der Waals surface area contributed by atoms with E-state index in [9.17, 15) is 4.79 Å². The van der Waals surface area contributed by atoms with E-state index in [1.807, 2.05) is 20.8 Å². The van der Waals surface area contributed by atoms with Crippen LogP contribution in [-0.2, 0) is 9.53 Å². The molecule has 82 valence electrons. The first-order chi connectivity index (χ1) is 6.47. The molecular formula is C11H21NO2. The Balaban J connectivity index is 2.25. The van der Waals surface area contributed by atoms with Gasteiger partial charge >= 0.3 is 5.97 Å². The fraction of sp³-hybridized carbons (Fsp3) is 0.909. The molecule has 1 heterocycles. The number of rotatable bonds is 2. The van der Waals surface area contributed by atoms with Crippen LogP contribution < -0.4 is 5.32 Å². The fourth-order valence-electron chi connectivity index (χ4n) is 1.68. The first kappa shape index (κ1) is 11.5. The zero-order chi connectivity index (χ0) is 10.6. The van der Waals surface area contributed by atoms with Crippen LogP contribution in [0.4, 0.5) is 0 Å². The summed E-state index contributed by atoms with van der Waals surface area (Å²) in [6.07, 6.45) is 4.06. The van der Waals surface area contributed by atoms with Crippen LogP contribution in [0.25, 0.3) is 0 Å². The van der Waals surface area contributed by atoms with Crippen molar-refractivity contribution in [2.24, 2.45) is 0 Å². The lowest BCUT2D eigenvalue weighted by Crippen LogP contribution is -2.37. The predicted molar refractivity (Wildman–Crippen MR) is 56.1 cm³/mol. The maximum atomic E-state index is 11.5. The molecule has 0 unspecified atom stereocenters. The van der Waals surface area contributed by atoms with Crippen molar-refractivity contribution in [3.63, 3.8) is 0 Å². The molecule has 3 heteroatoms. The molecule has 0 spiro atoms. The standard InChI is InChI=1S/C11H21NO2/c1-11(2,3)14-10(13)8-9-6-4-5-7-12-9/h9,12H,4-8H2,1-3H3/t9-/m0/s1. The molecule has 1 fully saturated rings. The van der Waals surface area contributed by atoms with Crippen molar-refractivity contribution in [1.82, 2.24) is 5.32 Å². The van der Waals surface area contributed by atoms with Gasteiger partial charge in [0.25, 0.3) is 0 Å². The number of piperidine rings is 1. The lowest BCUT2D eigenvalue weighted by atomic mass is 10.0. The molecule has 0 amide bonds. The van der Waals surface area contributed by atoms with Crippen molar-refractivity contribution in [3.05, 3.63) is 0 Å². The summed E-state index contributed by atoms with van der Waals surface area (Å²) in [5.41, 5.74) is -0.355. The number of carbonyl (C=O) groups is 1. The average molecular weight is 199 g/mol. The zero-order valence-electron chi connectivity index (χ0n) is 9.43. The molecule has 0 saturated carbocycles. The van der Waals surface area contributed by atoms with Gasteiger partial charge in [0.1, 0.15) is 5.60 Å². The highest BCUT2D eigenvalue weighted by molar-refractivity contribution is 5.70. The summed E-state index contributed by atoms with van der Waals surface area (Å²) in [6, 6.07) is 0.332. The van der Waals surface area contributed by atoms with Crippen LogP contribution >= 0.6 is 0 Å². The van der Waals surface area contributed by atoms with Crippen molar-refractivity contribution < 1.29 is 9.53 Å². The van der Waals surface area contributed by atoms with E-state index in [1.54, 1.807) is 0 Å². The number of ether oxygens (including phenoxy) is 1. The highest BCUT2D eigenvalue weighted by Crippen LogP contribution is 2.13. The molecule has 1 rings (SSSR count). The third-order valence-corrected chi connectivity index (χ3v) is 2.25. The summed E-state index contributed by atoms with van der Waals surface area (Å²) in [4.78, 5) is 11.5. The van der Waals surface area contributed by atoms with Gasteiger partial charge in [-0.2, -0.15) is 0 Å². The normalized spacial score (nSPS) is 23.2. The topological polar surface area (TPSA) is 38.3 Å². The third-order valence-electron chi connectivity index (χ3n) is 2.25. The van der Waals surface area contributed by atoms with E-state index in [0.717, 1.165) is 13.0 Å². The van der Waals surface area contributed by atoms with E-state index >= 15 is 0 Å². The molecule has 1 N–H and O–H groups in total. The number of hydrogen-bond donors (Lipinski definition) is 1. The number of esters is 1. The molecule has 0 bridgehead atoms. The van der Waals surface area contributed by atoms with Crippen molar-refractivity contribution in [2.75, 3.05) is 6.54 Å². The predicted octanol–water partition coefficient (Wildman–Crippen LogP) is 1.86. The molecule has 1 atom stereocenters. The van der Waals surface area contributed by atoms with E-state index in [4.69, 9.17) is 4.74 Å². The molecule has 0 aromatic rings. The second kappa shape index (κ2) is 4.78. The SMILES string of the molecule is CC(C)(C)OC(=O)C[C@@H]1CCCCN1. The Morgan fingerprint density at radius 3 is 2.64 bits per heavy atom. The quantitative estimate of drug-likeness (QED) is 0.690. The van der Waals surface area contributed by atoms with Crippen LogP contribution in [0.2, 0.25) is 0 Å².